The number of nitrogens with zero attached hydrogens (tertiary/aromatic N) is 3. The molecule has 3 aromatic rings. The van der Waals surface area contributed by atoms with Crippen LogP contribution in [0.1, 0.15) is 6.42 Å². The molecule has 1 heterocycles. The topological polar surface area (TPSA) is 63.5 Å². The molecule has 3 rings (SSSR count). The first-order valence-corrected chi connectivity index (χ1v) is 9.56. The molecule has 0 atom stereocenters. The van der Waals surface area contributed by atoms with E-state index >= 15 is 0 Å². The molecule has 0 bridgehead atoms. The monoisotopic (exact) mass is 505 g/mol. The number of aromatic nitrogens is 2. The normalized spacial score (nSPS) is 10.9. The van der Waals surface area contributed by atoms with E-state index in [4.69, 9.17) is 4.74 Å². The largest absolute Gasteiger partial charge is 0.491 e. The second kappa shape index (κ2) is 12.8. The smallest absolute Gasteiger partial charge is 0.191 e. The molecule has 0 amide bonds. The fourth-order valence-electron chi connectivity index (χ4n) is 2.88. The fraction of sp³-hybridized carbons (Fsp3) is 0.273. The second-order valence-electron chi connectivity index (χ2n) is 6.26. The van der Waals surface area contributed by atoms with Crippen LogP contribution in [0.2, 0.25) is 0 Å². The summed E-state index contributed by atoms with van der Waals surface area (Å²) in [5.41, 5.74) is 2.25. The zero-order valence-electron chi connectivity index (χ0n) is 16.6. The van der Waals surface area contributed by atoms with Crippen molar-refractivity contribution in [1.82, 2.24) is 20.4 Å². The van der Waals surface area contributed by atoms with Crippen LogP contribution in [0, 0.1) is 0 Å². The molecule has 29 heavy (non-hydrogen) atoms. The third-order valence-corrected chi connectivity index (χ3v) is 4.26. The van der Waals surface area contributed by atoms with Crippen molar-refractivity contribution in [3.63, 3.8) is 0 Å². The van der Waals surface area contributed by atoms with Crippen molar-refractivity contribution >= 4 is 29.9 Å². The van der Waals surface area contributed by atoms with Gasteiger partial charge in [0.15, 0.2) is 5.96 Å². The molecule has 0 fully saturated rings. The number of benzene rings is 2. The summed E-state index contributed by atoms with van der Waals surface area (Å²) in [6.45, 7) is 2.94. The number of halogens is 1. The third kappa shape index (κ3) is 7.41. The molecule has 0 radical (unpaired) electrons. The lowest BCUT2D eigenvalue weighted by molar-refractivity contribution is 0.323. The second-order valence-corrected chi connectivity index (χ2v) is 6.26. The Morgan fingerprint density at radius 3 is 2.52 bits per heavy atom. The van der Waals surface area contributed by atoms with E-state index in [0.29, 0.717) is 13.2 Å². The van der Waals surface area contributed by atoms with Crippen LogP contribution in [0.4, 0.5) is 0 Å². The van der Waals surface area contributed by atoms with Crippen LogP contribution in [-0.2, 0) is 6.54 Å². The van der Waals surface area contributed by atoms with Gasteiger partial charge in [-0.2, -0.15) is 5.10 Å². The highest BCUT2D eigenvalue weighted by atomic mass is 127. The summed E-state index contributed by atoms with van der Waals surface area (Å²) in [4.78, 5) is 4.25. The first kappa shape index (κ1) is 22.7. The van der Waals surface area contributed by atoms with Crippen LogP contribution in [0.5, 0.6) is 5.75 Å². The molecule has 0 unspecified atom stereocenters. The summed E-state index contributed by atoms with van der Waals surface area (Å²) in [6.07, 6.45) is 4.74. The number of guanidine groups is 1. The predicted molar refractivity (Wildman–Crippen MR) is 129 cm³/mol. The molecule has 0 aliphatic heterocycles. The molecule has 0 aliphatic carbocycles. The van der Waals surface area contributed by atoms with Crippen LogP contribution < -0.4 is 15.4 Å². The minimum Gasteiger partial charge on any atom is -0.491 e. The van der Waals surface area contributed by atoms with E-state index in [9.17, 15) is 0 Å². The van der Waals surface area contributed by atoms with E-state index in [1.165, 1.54) is 0 Å². The summed E-state index contributed by atoms with van der Waals surface area (Å²) < 4.78 is 7.93. The first-order chi connectivity index (χ1) is 13.9. The van der Waals surface area contributed by atoms with Gasteiger partial charge in [-0.3, -0.25) is 9.67 Å². The van der Waals surface area contributed by atoms with Crippen molar-refractivity contribution in [3.8, 4) is 16.9 Å². The van der Waals surface area contributed by atoms with Gasteiger partial charge in [-0.05, 0) is 24.1 Å². The molecule has 154 valence electrons. The van der Waals surface area contributed by atoms with Crippen molar-refractivity contribution in [2.75, 3.05) is 26.7 Å². The molecule has 6 nitrogen and oxygen atoms in total. The molecule has 7 heteroatoms. The van der Waals surface area contributed by atoms with E-state index < -0.39 is 0 Å². The first-order valence-electron chi connectivity index (χ1n) is 9.56. The molecule has 2 aromatic carbocycles. The van der Waals surface area contributed by atoms with Gasteiger partial charge in [-0.15, -0.1) is 24.0 Å². The van der Waals surface area contributed by atoms with Crippen LogP contribution in [-0.4, -0.2) is 42.5 Å². The predicted octanol–water partition coefficient (Wildman–Crippen LogP) is 3.80. The van der Waals surface area contributed by atoms with Gasteiger partial charge < -0.3 is 15.4 Å². The molecule has 1 aromatic heterocycles. The molecule has 0 saturated carbocycles. The summed E-state index contributed by atoms with van der Waals surface area (Å²) in [5, 5.41) is 10.8. The Morgan fingerprint density at radius 2 is 1.76 bits per heavy atom. The molecule has 2 N–H and O–H groups in total. The minimum atomic E-state index is 0. The summed E-state index contributed by atoms with van der Waals surface area (Å²) in [7, 11) is 1.77. The third-order valence-electron chi connectivity index (χ3n) is 4.26. The van der Waals surface area contributed by atoms with Gasteiger partial charge in [0, 0.05) is 38.1 Å². The Kier molecular flexibility index (Phi) is 10.1. The van der Waals surface area contributed by atoms with Crippen molar-refractivity contribution in [3.05, 3.63) is 73.1 Å². The number of nitrogens with one attached hydrogen (secondary N) is 2. The van der Waals surface area contributed by atoms with Crippen molar-refractivity contribution in [2.45, 2.75) is 13.0 Å². The number of aliphatic imine (C=N–C) groups is 1. The molecular formula is C22H28IN5O. The maximum absolute atomic E-state index is 6.00. The maximum Gasteiger partial charge on any atom is 0.191 e. The Bertz CT molecular complexity index is 853. The van der Waals surface area contributed by atoms with Gasteiger partial charge in [-0.25, -0.2) is 0 Å². The SMILES string of the molecule is CN=C(NCCCn1cccn1)NCCOc1ccccc1-c1ccccc1.I. The van der Waals surface area contributed by atoms with Crippen LogP contribution in [0.25, 0.3) is 11.1 Å². The van der Waals surface area contributed by atoms with Crippen LogP contribution >= 0.6 is 24.0 Å². The number of aryl methyl sites for hydroxylation is 1. The average molecular weight is 505 g/mol. The quantitative estimate of drug-likeness (QED) is 0.201. The van der Waals surface area contributed by atoms with E-state index in [2.05, 4.69) is 38.9 Å². The maximum atomic E-state index is 6.00. The Morgan fingerprint density at radius 1 is 1.00 bits per heavy atom. The number of ether oxygens (including phenoxy) is 1. The fourth-order valence-corrected chi connectivity index (χ4v) is 2.88. The van der Waals surface area contributed by atoms with Crippen molar-refractivity contribution < 1.29 is 4.74 Å². The molecule has 0 saturated heterocycles. The van der Waals surface area contributed by atoms with E-state index in [1.807, 2.05) is 53.3 Å². The standard InChI is InChI=1S/C22H27N5O.HI/c1-23-22(24-13-7-16-27-17-8-14-26-27)25-15-18-28-21-12-6-5-11-20(21)19-9-3-2-4-10-19;/h2-6,8-12,14,17H,7,13,15-16,18H2,1H3,(H2,23,24,25);1H. The highest BCUT2D eigenvalue weighted by molar-refractivity contribution is 14.0. The molecule has 0 spiro atoms. The zero-order chi connectivity index (χ0) is 19.4. The Labute approximate surface area is 189 Å². The molecular weight excluding hydrogens is 477 g/mol. The lowest BCUT2D eigenvalue weighted by atomic mass is 10.1. The van der Waals surface area contributed by atoms with Gasteiger partial charge in [0.05, 0.1) is 6.54 Å². The van der Waals surface area contributed by atoms with Gasteiger partial charge in [-0.1, -0.05) is 48.5 Å². The number of rotatable bonds is 9. The van der Waals surface area contributed by atoms with E-state index in [1.54, 1.807) is 13.2 Å². The zero-order valence-corrected chi connectivity index (χ0v) is 19.0. The Hall–Kier alpha value is -2.55. The van der Waals surface area contributed by atoms with Crippen molar-refractivity contribution in [2.24, 2.45) is 4.99 Å². The summed E-state index contributed by atoms with van der Waals surface area (Å²) >= 11 is 0. The number of hydrogen-bond donors (Lipinski definition) is 2. The Balaban J connectivity index is 0.00000300. The highest BCUT2D eigenvalue weighted by Crippen LogP contribution is 2.29. The van der Waals surface area contributed by atoms with E-state index in [0.717, 1.165) is 42.3 Å². The number of hydrogen-bond acceptors (Lipinski definition) is 3. The van der Waals surface area contributed by atoms with Gasteiger partial charge >= 0.3 is 0 Å². The highest BCUT2D eigenvalue weighted by Gasteiger charge is 2.05. The van der Waals surface area contributed by atoms with Gasteiger partial charge in [0.25, 0.3) is 0 Å². The summed E-state index contributed by atoms with van der Waals surface area (Å²) in [5.74, 6) is 1.66. The van der Waals surface area contributed by atoms with Crippen LogP contribution in [0.15, 0.2) is 78.0 Å². The van der Waals surface area contributed by atoms with Gasteiger partial charge in [0.2, 0.25) is 0 Å². The number of para-hydroxylation sites is 1. The molecule has 0 aliphatic rings. The lowest BCUT2D eigenvalue weighted by Gasteiger charge is -2.14. The summed E-state index contributed by atoms with van der Waals surface area (Å²) in [6, 6.07) is 20.3. The van der Waals surface area contributed by atoms with Crippen molar-refractivity contribution in [1.29, 1.82) is 0 Å². The lowest BCUT2D eigenvalue weighted by Crippen LogP contribution is -2.39. The van der Waals surface area contributed by atoms with Crippen LogP contribution in [0.3, 0.4) is 0 Å². The minimum absolute atomic E-state index is 0. The van der Waals surface area contributed by atoms with Gasteiger partial charge in [0.1, 0.15) is 12.4 Å². The van der Waals surface area contributed by atoms with E-state index in [-0.39, 0.29) is 24.0 Å². The average Bonchev–Trinajstić information content (AvgIpc) is 3.27.